The van der Waals surface area contributed by atoms with Gasteiger partial charge in [0.15, 0.2) is 5.75 Å². The first kappa shape index (κ1) is 18.2. The number of halogens is 1. The van der Waals surface area contributed by atoms with Gasteiger partial charge in [-0.1, -0.05) is 24.3 Å². The van der Waals surface area contributed by atoms with E-state index in [-0.39, 0.29) is 0 Å². The summed E-state index contributed by atoms with van der Waals surface area (Å²) in [6.07, 6.45) is 1.78. The van der Waals surface area contributed by atoms with Crippen molar-refractivity contribution in [1.82, 2.24) is 5.01 Å². The number of ether oxygens (including phenoxy) is 2. The normalized spacial score (nSPS) is 14.8. The molecule has 1 aliphatic rings. The van der Waals surface area contributed by atoms with E-state index in [0.29, 0.717) is 29.0 Å². The van der Waals surface area contributed by atoms with Gasteiger partial charge >= 0.3 is 5.97 Å². The van der Waals surface area contributed by atoms with Crippen molar-refractivity contribution < 1.29 is 14.3 Å². The predicted octanol–water partition coefficient (Wildman–Crippen LogP) is 4.55. The summed E-state index contributed by atoms with van der Waals surface area (Å²) in [5.74, 6) is 0.153. The highest BCUT2D eigenvalue weighted by Crippen LogP contribution is 2.37. The molecular formula is C20H17BrN2O3S. The Hall–Kier alpha value is -2.22. The molecule has 2 heterocycles. The summed E-state index contributed by atoms with van der Waals surface area (Å²) in [5, 5.41) is 7.42. The van der Waals surface area contributed by atoms with E-state index >= 15 is 0 Å². The van der Waals surface area contributed by atoms with Gasteiger partial charge in [0.25, 0.3) is 0 Å². The number of hydrogen-bond donors (Lipinski definition) is 0. The summed E-state index contributed by atoms with van der Waals surface area (Å²) in [6.45, 7) is 2.86. The number of nitrogens with zero attached hydrogens (tertiary/aromatic N) is 2. The SMILES string of the molecule is O=C(Oc1c(C=NN2CCOCC2)sc2ccccc12)c1ccccc1Br. The minimum atomic E-state index is -0.396. The molecule has 0 atom stereocenters. The van der Waals surface area contributed by atoms with E-state index in [1.165, 1.54) is 0 Å². The average Bonchev–Trinajstić information content (AvgIpc) is 3.05. The summed E-state index contributed by atoms with van der Waals surface area (Å²) >= 11 is 4.97. The lowest BCUT2D eigenvalue weighted by Crippen LogP contribution is -2.32. The van der Waals surface area contributed by atoms with Gasteiger partial charge in [0.2, 0.25) is 0 Å². The van der Waals surface area contributed by atoms with Crippen molar-refractivity contribution in [2.24, 2.45) is 5.10 Å². The number of carbonyl (C=O) groups is 1. The van der Waals surface area contributed by atoms with Gasteiger partial charge in [-0.2, -0.15) is 5.10 Å². The van der Waals surface area contributed by atoms with E-state index in [1.54, 1.807) is 23.6 Å². The van der Waals surface area contributed by atoms with Crippen molar-refractivity contribution in [2.45, 2.75) is 0 Å². The van der Waals surface area contributed by atoms with Gasteiger partial charge in [0, 0.05) is 14.6 Å². The van der Waals surface area contributed by atoms with Gasteiger partial charge in [-0.15, -0.1) is 11.3 Å². The van der Waals surface area contributed by atoms with E-state index in [9.17, 15) is 4.79 Å². The maximum Gasteiger partial charge on any atom is 0.344 e. The molecule has 27 heavy (non-hydrogen) atoms. The first-order valence-corrected chi connectivity index (χ1v) is 10.2. The average molecular weight is 445 g/mol. The number of esters is 1. The first-order valence-electron chi connectivity index (χ1n) is 8.57. The van der Waals surface area contributed by atoms with Crippen LogP contribution in [0.25, 0.3) is 10.1 Å². The van der Waals surface area contributed by atoms with Crippen LogP contribution in [0.3, 0.4) is 0 Å². The second-order valence-electron chi connectivity index (χ2n) is 5.97. The lowest BCUT2D eigenvalue weighted by Gasteiger charge is -2.23. The molecule has 3 aromatic rings. The van der Waals surface area contributed by atoms with Gasteiger partial charge in [-0.05, 0) is 40.2 Å². The number of hydrogen-bond acceptors (Lipinski definition) is 6. The van der Waals surface area contributed by atoms with Crippen LogP contribution in [0.4, 0.5) is 0 Å². The van der Waals surface area contributed by atoms with Crippen molar-refractivity contribution in [3.05, 3.63) is 63.4 Å². The van der Waals surface area contributed by atoms with Crippen molar-refractivity contribution in [1.29, 1.82) is 0 Å². The molecule has 0 bridgehead atoms. The molecule has 0 aliphatic carbocycles. The van der Waals surface area contributed by atoms with Crippen molar-refractivity contribution in [2.75, 3.05) is 26.3 Å². The van der Waals surface area contributed by atoms with Crippen LogP contribution in [0.5, 0.6) is 5.75 Å². The third-order valence-electron chi connectivity index (χ3n) is 4.19. The third kappa shape index (κ3) is 4.05. The molecule has 0 spiro atoms. The number of thiophene rings is 1. The summed E-state index contributed by atoms with van der Waals surface area (Å²) in [7, 11) is 0. The summed E-state index contributed by atoms with van der Waals surface area (Å²) in [6, 6.07) is 15.1. The highest BCUT2D eigenvalue weighted by molar-refractivity contribution is 9.10. The van der Waals surface area contributed by atoms with Gasteiger partial charge in [0.1, 0.15) is 0 Å². The smallest absolute Gasteiger partial charge is 0.344 e. The summed E-state index contributed by atoms with van der Waals surface area (Å²) in [5.41, 5.74) is 0.490. The second kappa shape index (κ2) is 8.21. The Labute approximate surface area is 169 Å². The van der Waals surface area contributed by atoms with Gasteiger partial charge < -0.3 is 9.47 Å². The Morgan fingerprint density at radius 2 is 1.89 bits per heavy atom. The molecule has 138 valence electrons. The number of carbonyl (C=O) groups excluding carboxylic acids is 1. The maximum atomic E-state index is 12.7. The van der Waals surface area contributed by atoms with Crippen LogP contribution < -0.4 is 4.74 Å². The molecular weight excluding hydrogens is 428 g/mol. The monoisotopic (exact) mass is 444 g/mol. The predicted molar refractivity (Wildman–Crippen MR) is 111 cm³/mol. The second-order valence-corrected chi connectivity index (χ2v) is 7.91. The van der Waals surface area contributed by atoms with E-state index in [0.717, 1.165) is 28.1 Å². The standard InChI is InChI=1S/C20H17BrN2O3S/c21-16-7-3-1-5-14(16)20(24)26-19-15-6-2-4-8-17(15)27-18(19)13-22-23-9-11-25-12-10-23/h1-8,13H,9-12H2. The van der Waals surface area contributed by atoms with E-state index < -0.39 is 5.97 Å². The van der Waals surface area contributed by atoms with Crippen LogP contribution in [0.15, 0.2) is 58.1 Å². The molecule has 1 aliphatic heterocycles. The van der Waals surface area contributed by atoms with Crippen LogP contribution in [0.1, 0.15) is 15.2 Å². The molecule has 2 aromatic carbocycles. The maximum absolute atomic E-state index is 12.7. The van der Waals surface area contributed by atoms with Crippen molar-refractivity contribution in [3.8, 4) is 5.75 Å². The minimum Gasteiger partial charge on any atom is -0.421 e. The van der Waals surface area contributed by atoms with Crippen LogP contribution in [0.2, 0.25) is 0 Å². The van der Waals surface area contributed by atoms with Crippen LogP contribution in [-0.2, 0) is 4.74 Å². The fraction of sp³-hybridized carbons (Fsp3) is 0.200. The Morgan fingerprint density at radius 1 is 1.15 bits per heavy atom. The van der Waals surface area contributed by atoms with Crippen molar-refractivity contribution >= 4 is 49.5 Å². The third-order valence-corrected chi connectivity index (χ3v) is 5.97. The van der Waals surface area contributed by atoms with Crippen LogP contribution in [0, 0.1) is 0 Å². The van der Waals surface area contributed by atoms with Gasteiger partial charge in [0.05, 0.1) is 43.0 Å². The van der Waals surface area contributed by atoms with Crippen molar-refractivity contribution in [3.63, 3.8) is 0 Å². The molecule has 5 nitrogen and oxygen atoms in total. The lowest BCUT2D eigenvalue weighted by atomic mass is 10.2. The van der Waals surface area contributed by atoms with E-state index in [2.05, 4.69) is 21.0 Å². The number of fused-ring (bicyclic) bond motifs is 1. The Bertz CT molecular complexity index is 996. The topological polar surface area (TPSA) is 51.1 Å². The summed E-state index contributed by atoms with van der Waals surface area (Å²) in [4.78, 5) is 13.5. The molecule has 0 saturated carbocycles. The lowest BCUT2D eigenvalue weighted by molar-refractivity contribution is 0.0397. The molecule has 1 aromatic heterocycles. The first-order chi connectivity index (χ1) is 13.2. The highest BCUT2D eigenvalue weighted by atomic mass is 79.9. The van der Waals surface area contributed by atoms with Crippen LogP contribution in [-0.4, -0.2) is 43.5 Å². The van der Waals surface area contributed by atoms with Crippen LogP contribution >= 0.6 is 27.3 Å². The molecule has 0 unspecified atom stereocenters. The molecule has 0 N–H and O–H groups in total. The zero-order valence-corrected chi connectivity index (χ0v) is 16.8. The quantitative estimate of drug-likeness (QED) is 0.437. The Kier molecular flexibility index (Phi) is 5.52. The minimum absolute atomic E-state index is 0.396. The number of hydrazone groups is 1. The molecule has 1 saturated heterocycles. The van der Waals surface area contributed by atoms with E-state index in [4.69, 9.17) is 9.47 Å². The fourth-order valence-electron chi connectivity index (χ4n) is 2.81. The number of rotatable bonds is 4. The molecule has 1 fully saturated rings. The Morgan fingerprint density at radius 3 is 2.70 bits per heavy atom. The summed E-state index contributed by atoms with van der Waals surface area (Å²) < 4.78 is 12.9. The fourth-order valence-corrected chi connectivity index (χ4v) is 4.25. The molecule has 0 amide bonds. The molecule has 4 rings (SSSR count). The number of benzene rings is 2. The molecule has 7 heteroatoms. The highest BCUT2D eigenvalue weighted by Gasteiger charge is 2.19. The zero-order valence-electron chi connectivity index (χ0n) is 14.4. The van der Waals surface area contributed by atoms with Gasteiger partial charge in [-0.25, -0.2) is 4.79 Å². The van der Waals surface area contributed by atoms with E-state index in [1.807, 2.05) is 47.5 Å². The number of morpholine rings is 1. The zero-order chi connectivity index (χ0) is 18.6. The van der Waals surface area contributed by atoms with Gasteiger partial charge in [-0.3, -0.25) is 5.01 Å². The Balaban J connectivity index is 1.67. The molecule has 0 radical (unpaired) electrons. The largest absolute Gasteiger partial charge is 0.421 e.